The molecule has 0 radical (unpaired) electrons. The lowest BCUT2D eigenvalue weighted by Gasteiger charge is -2.18. The van der Waals surface area contributed by atoms with E-state index in [1.165, 1.54) is 116 Å². The van der Waals surface area contributed by atoms with Crippen molar-refractivity contribution in [2.24, 2.45) is 0 Å². The third-order valence-electron chi connectivity index (χ3n) is 12.2. The summed E-state index contributed by atoms with van der Waals surface area (Å²) in [4.78, 5) is 38.2. The highest BCUT2D eigenvalue weighted by molar-refractivity contribution is 5.71. The van der Waals surface area contributed by atoms with Crippen LogP contribution in [0.4, 0.5) is 0 Å². The molecule has 71 heavy (non-hydrogen) atoms. The fourth-order valence-electron chi connectivity index (χ4n) is 7.83. The predicted octanol–water partition coefficient (Wildman–Crippen LogP) is 19.9. The summed E-state index contributed by atoms with van der Waals surface area (Å²) in [6, 6.07) is 0. The number of allylic oxidation sites excluding steroid dienone is 18. The van der Waals surface area contributed by atoms with Gasteiger partial charge >= 0.3 is 17.9 Å². The van der Waals surface area contributed by atoms with Gasteiger partial charge in [0.2, 0.25) is 0 Å². The molecule has 0 N–H and O–H groups in total. The van der Waals surface area contributed by atoms with Gasteiger partial charge in [0.05, 0.1) is 0 Å². The van der Waals surface area contributed by atoms with E-state index in [4.69, 9.17) is 14.2 Å². The van der Waals surface area contributed by atoms with E-state index >= 15 is 0 Å². The van der Waals surface area contributed by atoms with Crippen LogP contribution in [-0.2, 0) is 28.6 Å². The number of rotatable bonds is 52. The van der Waals surface area contributed by atoms with Crippen molar-refractivity contribution in [1.82, 2.24) is 0 Å². The Morgan fingerprint density at radius 1 is 0.296 bits per heavy atom. The molecule has 0 aromatic rings. The zero-order chi connectivity index (χ0) is 51.4. The summed E-state index contributed by atoms with van der Waals surface area (Å²) in [6.45, 7) is 6.43. The quantitative estimate of drug-likeness (QED) is 0.0261. The Kier molecular flexibility index (Phi) is 55.4. The molecular formula is C65H108O6. The highest BCUT2D eigenvalue weighted by atomic mass is 16.6. The number of esters is 3. The second-order valence-corrected chi connectivity index (χ2v) is 19.2. The summed E-state index contributed by atoms with van der Waals surface area (Å²) >= 11 is 0. The molecular weight excluding hydrogens is 877 g/mol. The maximum absolute atomic E-state index is 12.8. The zero-order valence-electron chi connectivity index (χ0n) is 46.2. The fraction of sp³-hybridized carbons (Fsp3) is 0.677. The van der Waals surface area contributed by atoms with Gasteiger partial charge in [-0.15, -0.1) is 0 Å². The van der Waals surface area contributed by atoms with Crippen molar-refractivity contribution >= 4 is 17.9 Å². The molecule has 0 heterocycles. The first kappa shape index (κ1) is 67.1. The Morgan fingerprint density at radius 2 is 0.563 bits per heavy atom. The lowest BCUT2D eigenvalue weighted by atomic mass is 10.1. The molecule has 404 valence electrons. The largest absolute Gasteiger partial charge is 0.462 e. The number of unbranched alkanes of at least 4 members (excludes halogenated alkanes) is 23. The van der Waals surface area contributed by atoms with Crippen molar-refractivity contribution in [3.05, 3.63) is 109 Å². The van der Waals surface area contributed by atoms with Crippen LogP contribution in [0.2, 0.25) is 0 Å². The van der Waals surface area contributed by atoms with Crippen LogP contribution in [0.25, 0.3) is 0 Å². The van der Waals surface area contributed by atoms with Gasteiger partial charge in [-0.25, -0.2) is 0 Å². The summed E-state index contributed by atoms with van der Waals surface area (Å²) in [5.74, 6) is -0.989. The first-order chi connectivity index (χ1) is 35.0. The third-order valence-corrected chi connectivity index (χ3v) is 12.2. The molecule has 0 bridgehead atoms. The average molecular weight is 986 g/mol. The van der Waals surface area contributed by atoms with E-state index in [1.807, 2.05) is 0 Å². The Bertz CT molecular complexity index is 1460. The van der Waals surface area contributed by atoms with E-state index in [-0.39, 0.29) is 37.5 Å². The van der Waals surface area contributed by atoms with Crippen LogP contribution in [0.3, 0.4) is 0 Å². The third kappa shape index (κ3) is 56.9. The monoisotopic (exact) mass is 985 g/mol. The first-order valence-electron chi connectivity index (χ1n) is 29.4. The van der Waals surface area contributed by atoms with Gasteiger partial charge in [0.15, 0.2) is 6.10 Å². The molecule has 0 aliphatic heterocycles. The molecule has 0 aromatic heterocycles. The van der Waals surface area contributed by atoms with Crippen LogP contribution < -0.4 is 0 Å². The minimum Gasteiger partial charge on any atom is -0.462 e. The van der Waals surface area contributed by atoms with Gasteiger partial charge < -0.3 is 14.2 Å². The predicted molar refractivity (Wildman–Crippen MR) is 307 cm³/mol. The van der Waals surface area contributed by atoms with Crippen molar-refractivity contribution in [2.45, 2.75) is 271 Å². The summed E-state index contributed by atoms with van der Waals surface area (Å²) in [5, 5.41) is 0. The van der Waals surface area contributed by atoms with Crippen LogP contribution in [0.1, 0.15) is 265 Å². The Balaban J connectivity index is 4.51. The maximum Gasteiger partial charge on any atom is 0.306 e. The van der Waals surface area contributed by atoms with E-state index in [9.17, 15) is 14.4 Å². The van der Waals surface area contributed by atoms with E-state index in [2.05, 4.69) is 130 Å². The molecule has 6 heteroatoms. The SMILES string of the molecule is CC/C=C\C/C=C\C/C=C\C/C=C\CCCCCCC(=O)OC[C@H](COC(=O)CCCCCCCCCCC/C=C\C/C=C\CCCCC)OC(=O)CCC/C=C\C/C=C\C/C=C\CCCCCCCC. The second-order valence-electron chi connectivity index (χ2n) is 19.2. The Morgan fingerprint density at radius 3 is 0.930 bits per heavy atom. The molecule has 0 fully saturated rings. The van der Waals surface area contributed by atoms with Crippen LogP contribution >= 0.6 is 0 Å². The lowest BCUT2D eigenvalue weighted by molar-refractivity contribution is -0.167. The maximum atomic E-state index is 12.8. The molecule has 0 aliphatic carbocycles. The molecule has 0 amide bonds. The van der Waals surface area contributed by atoms with Gasteiger partial charge in [0, 0.05) is 19.3 Å². The van der Waals surface area contributed by atoms with Gasteiger partial charge in [0.25, 0.3) is 0 Å². The minimum atomic E-state index is -0.819. The summed E-state index contributed by atoms with van der Waals surface area (Å²) in [7, 11) is 0. The van der Waals surface area contributed by atoms with E-state index in [0.717, 1.165) is 103 Å². The minimum absolute atomic E-state index is 0.110. The van der Waals surface area contributed by atoms with Crippen LogP contribution in [-0.4, -0.2) is 37.2 Å². The zero-order valence-corrected chi connectivity index (χ0v) is 46.2. The van der Waals surface area contributed by atoms with Gasteiger partial charge in [0.1, 0.15) is 13.2 Å². The van der Waals surface area contributed by atoms with Crippen LogP contribution in [0, 0.1) is 0 Å². The van der Waals surface area contributed by atoms with Crippen molar-refractivity contribution in [3.63, 3.8) is 0 Å². The molecule has 0 aliphatic rings. The molecule has 0 saturated carbocycles. The lowest BCUT2D eigenvalue weighted by Crippen LogP contribution is -2.30. The highest BCUT2D eigenvalue weighted by Crippen LogP contribution is 2.14. The summed E-state index contributed by atoms with van der Waals surface area (Å²) in [6.07, 6.45) is 79.4. The molecule has 0 aromatic carbocycles. The number of hydrogen-bond acceptors (Lipinski definition) is 6. The number of ether oxygens (including phenoxy) is 3. The van der Waals surface area contributed by atoms with Crippen molar-refractivity contribution < 1.29 is 28.6 Å². The van der Waals surface area contributed by atoms with Crippen molar-refractivity contribution in [3.8, 4) is 0 Å². The van der Waals surface area contributed by atoms with Gasteiger partial charge in [-0.1, -0.05) is 233 Å². The Hall–Kier alpha value is -3.93. The van der Waals surface area contributed by atoms with E-state index in [1.54, 1.807) is 0 Å². The highest BCUT2D eigenvalue weighted by Gasteiger charge is 2.19. The van der Waals surface area contributed by atoms with Crippen LogP contribution in [0.5, 0.6) is 0 Å². The molecule has 0 unspecified atom stereocenters. The van der Waals surface area contributed by atoms with E-state index in [0.29, 0.717) is 19.3 Å². The molecule has 0 spiro atoms. The van der Waals surface area contributed by atoms with Crippen molar-refractivity contribution in [1.29, 1.82) is 0 Å². The van der Waals surface area contributed by atoms with E-state index < -0.39 is 6.10 Å². The number of carbonyl (C=O) groups excluding carboxylic acids is 3. The first-order valence-corrected chi connectivity index (χ1v) is 29.4. The number of hydrogen-bond donors (Lipinski definition) is 0. The summed E-state index contributed by atoms with van der Waals surface area (Å²) < 4.78 is 16.8. The Labute approximate surface area is 438 Å². The smallest absolute Gasteiger partial charge is 0.306 e. The molecule has 0 rings (SSSR count). The second kappa shape index (κ2) is 58.6. The standard InChI is InChI=1S/C65H108O6/c1-4-7-10-13-16-19-22-25-28-31-32-35-37-40-43-46-49-52-55-58-64(67)70-61-62(71-65(68)59-56-53-50-47-44-41-38-34-30-27-24-21-18-15-12-9-6-3)60-69-63(66)57-54-51-48-45-42-39-36-33-29-26-23-20-17-14-11-8-5-2/h8,11,16-17,19-20,25-30,36,38-39,41,47,50,62H,4-7,9-10,12-15,18,21-24,31-35,37,40,42-46,48-49,51-61H2,1-3H3/b11-8-,19-16-,20-17-,28-25-,29-26-,30-27-,39-36-,41-38-,50-47-/t62-/m1/s1. The van der Waals surface area contributed by atoms with Crippen LogP contribution in [0.15, 0.2) is 109 Å². The molecule has 0 saturated heterocycles. The van der Waals surface area contributed by atoms with Gasteiger partial charge in [-0.3, -0.25) is 14.4 Å². The van der Waals surface area contributed by atoms with Crippen molar-refractivity contribution in [2.75, 3.05) is 13.2 Å². The fourth-order valence-corrected chi connectivity index (χ4v) is 7.83. The molecule has 6 nitrogen and oxygen atoms in total. The average Bonchev–Trinajstić information content (AvgIpc) is 3.37. The topological polar surface area (TPSA) is 78.9 Å². The normalized spacial score (nSPS) is 12.9. The van der Waals surface area contributed by atoms with Gasteiger partial charge in [-0.2, -0.15) is 0 Å². The summed E-state index contributed by atoms with van der Waals surface area (Å²) in [5.41, 5.74) is 0. The number of carbonyl (C=O) groups is 3. The van der Waals surface area contributed by atoms with Gasteiger partial charge in [-0.05, 0) is 122 Å². The molecule has 1 atom stereocenters.